The van der Waals surface area contributed by atoms with Crippen LogP contribution >= 0.6 is 0 Å². The zero-order valence-corrected chi connectivity index (χ0v) is 19.5. The molecule has 0 spiro atoms. The first-order valence-corrected chi connectivity index (χ1v) is 12.0. The molecule has 2 aliphatic heterocycles. The standard InChI is InChI=1S/C27H32N6/c1-20-17-32(26-10-7-23(16-28)27-25(26)4-3-11-30-27)18-21(2)33(20)19-22-5-8-24(9-6-22)31-14-12-29-13-15-31/h3-11,20-21,29H,12-15,17-19H2,1-2H3/t20-,21?/m1/s1. The summed E-state index contributed by atoms with van der Waals surface area (Å²) in [5.41, 5.74) is 5.31. The zero-order chi connectivity index (χ0) is 22.8. The minimum Gasteiger partial charge on any atom is -0.369 e. The summed E-state index contributed by atoms with van der Waals surface area (Å²) >= 11 is 0. The summed E-state index contributed by atoms with van der Waals surface area (Å²) in [6.07, 6.45) is 1.77. The molecule has 1 aromatic heterocycles. The van der Waals surface area contributed by atoms with E-state index in [1.807, 2.05) is 12.1 Å². The summed E-state index contributed by atoms with van der Waals surface area (Å²) in [7, 11) is 0. The maximum atomic E-state index is 9.47. The SMILES string of the molecule is CC1CN(c2ccc(C#N)c3ncccc23)C[C@@H](C)N1Cc1ccc(N2CCNCC2)cc1. The number of nitrogens with zero attached hydrogens (tertiary/aromatic N) is 5. The Bertz CT molecular complexity index is 1130. The second-order valence-electron chi connectivity index (χ2n) is 9.32. The number of hydrogen-bond acceptors (Lipinski definition) is 6. The van der Waals surface area contributed by atoms with Crippen molar-refractivity contribution in [3.63, 3.8) is 0 Å². The fourth-order valence-corrected chi connectivity index (χ4v) is 5.33. The third-order valence-electron chi connectivity index (χ3n) is 7.09. The van der Waals surface area contributed by atoms with Crippen molar-refractivity contribution >= 4 is 22.3 Å². The molecule has 0 amide bonds. The number of aromatic nitrogens is 1. The van der Waals surface area contributed by atoms with Gasteiger partial charge in [-0.25, -0.2) is 0 Å². The number of benzene rings is 2. The molecule has 0 saturated carbocycles. The maximum absolute atomic E-state index is 9.47. The molecule has 6 heteroatoms. The summed E-state index contributed by atoms with van der Waals surface area (Å²) < 4.78 is 0. The highest BCUT2D eigenvalue weighted by atomic mass is 15.3. The second-order valence-corrected chi connectivity index (χ2v) is 9.32. The van der Waals surface area contributed by atoms with Crippen LogP contribution in [0.25, 0.3) is 10.9 Å². The van der Waals surface area contributed by atoms with Crippen LogP contribution < -0.4 is 15.1 Å². The van der Waals surface area contributed by atoms with Gasteiger partial charge in [0.1, 0.15) is 6.07 Å². The lowest BCUT2D eigenvalue weighted by Gasteiger charge is -2.45. The van der Waals surface area contributed by atoms with Gasteiger partial charge in [0.15, 0.2) is 0 Å². The van der Waals surface area contributed by atoms with Crippen LogP contribution in [0.1, 0.15) is 25.0 Å². The molecule has 0 radical (unpaired) electrons. The molecule has 0 aliphatic carbocycles. The summed E-state index contributed by atoms with van der Waals surface area (Å²) in [6.45, 7) is 11.8. The van der Waals surface area contributed by atoms with Gasteiger partial charge in [0.25, 0.3) is 0 Å². The lowest BCUT2D eigenvalue weighted by Crippen LogP contribution is -2.56. The van der Waals surface area contributed by atoms with Crippen LogP contribution in [0, 0.1) is 11.3 Å². The van der Waals surface area contributed by atoms with E-state index < -0.39 is 0 Å². The van der Waals surface area contributed by atoms with Gasteiger partial charge in [0.2, 0.25) is 0 Å². The number of hydrogen-bond donors (Lipinski definition) is 1. The second kappa shape index (κ2) is 9.38. The van der Waals surface area contributed by atoms with E-state index in [4.69, 9.17) is 0 Å². The van der Waals surface area contributed by atoms with E-state index in [0.29, 0.717) is 17.6 Å². The molecule has 6 nitrogen and oxygen atoms in total. The molecule has 1 unspecified atom stereocenters. The van der Waals surface area contributed by atoms with Gasteiger partial charge < -0.3 is 15.1 Å². The predicted octanol–water partition coefficient (Wildman–Crippen LogP) is 3.62. The molecule has 2 saturated heterocycles. The van der Waals surface area contributed by atoms with Gasteiger partial charge in [-0.15, -0.1) is 0 Å². The summed E-state index contributed by atoms with van der Waals surface area (Å²) in [6, 6.07) is 20.3. The van der Waals surface area contributed by atoms with Gasteiger partial charge in [-0.3, -0.25) is 9.88 Å². The largest absolute Gasteiger partial charge is 0.369 e. The highest BCUT2D eigenvalue weighted by Gasteiger charge is 2.30. The molecule has 1 N–H and O–H groups in total. The van der Waals surface area contributed by atoms with Crippen molar-refractivity contribution in [2.45, 2.75) is 32.5 Å². The number of fused-ring (bicyclic) bond motifs is 1. The van der Waals surface area contributed by atoms with E-state index in [0.717, 1.165) is 56.7 Å². The van der Waals surface area contributed by atoms with Crippen molar-refractivity contribution in [2.24, 2.45) is 0 Å². The van der Waals surface area contributed by atoms with Crippen LogP contribution in [-0.2, 0) is 6.54 Å². The third kappa shape index (κ3) is 4.39. The zero-order valence-electron chi connectivity index (χ0n) is 19.5. The van der Waals surface area contributed by atoms with E-state index in [1.165, 1.54) is 16.9 Å². The lowest BCUT2D eigenvalue weighted by atomic mass is 10.0. The number of anilines is 2. The van der Waals surface area contributed by atoms with Crippen molar-refractivity contribution in [1.82, 2.24) is 15.2 Å². The number of nitriles is 1. The van der Waals surface area contributed by atoms with E-state index >= 15 is 0 Å². The van der Waals surface area contributed by atoms with Crippen molar-refractivity contribution in [3.05, 3.63) is 65.9 Å². The molecular formula is C27H32N6. The monoisotopic (exact) mass is 440 g/mol. The Morgan fingerprint density at radius 3 is 2.39 bits per heavy atom. The highest BCUT2D eigenvalue weighted by molar-refractivity contribution is 5.95. The van der Waals surface area contributed by atoms with Crippen LogP contribution in [0.2, 0.25) is 0 Å². The first-order valence-electron chi connectivity index (χ1n) is 12.0. The molecule has 0 bridgehead atoms. The lowest BCUT2D eigenvalue weighted by molar-refractivity contribution is 0.123. The van der Waals surface area contributed by atoms with Crippen molar-refractivity contribution in [1.29, 1.82) is 5.26 Å². The third-order valence-corrected chi connectivity index (χ3v) is 7.09. The Hall–Kier alpha value is -3.14. The number of nitrogens with one attached hydrogen (secondary N) is 1. The fourth-order valence-electron chi connectivity index (χ4n) is 5.33. The molecule has 5 rings (SSSR count). The number of rotatable bonds is 4. The van der Waals surface area contributed by atoms with E-state index in [2.05, 4.69) is 81.3 Å². The molecule has 33 heavy (non-hydrogen) atoms. The van der Waals surface area contributed by atoms with Crippen LogP contribution in [-0.4, -0.2) is 61.2 Å². The molecular weight excluding hydrogens is 408 g/mol. The Labute approximate surface area is 196 Å². The van der Waals surface area contributed by atoms with Crippen molar-refractivity contribution in [2.75, 3.05) is 49.1 Å². The minimum atomic E-state index is 0.420. The van der Waals surface area contributed by atoms with Gasteiger partial charge in [0.05, 0.1) is 11.1 Å². The number of pyridine rings is 1. The van der Waals surface area contributed by atoms with Gasteiger partial charge in [0, 0.05) is 80.9 Å². The van der Waals surface area contributed by atoms with Crippen LogP contribution in [0.5, 0.6) is 0 Å². The quantitative estimate of drug-likeness (QED) is 0.669. The molecule has 170 valence electrons. The predicted molar refractivity (Wildman–Crippen MR) is 135 cm³/mol. The molecule has 2 fully saturated rings. The fraction of sp³-hybridized carbons (Fsp3) is 0.407. The van der Waals surface area contributed by atoms with Gasteiger partial charge >= 0.3 is 0 Å². The van der Waals surface area contributed by atoms with Crippen LogP contribution in [0.3, 0.4) is 0 Å². The first-order chi connectivity index (χ1) is 16.1. The van der Waals surface area contributed by atoms with Crippen LogP contribution in [0.15, 0.2) is 54.7 Å². The molecule has 2 aromatic carbocycles. The number of piperazine rings is 2. The normalized spacial score (nSPS) is 21.8. The van der Waals surface area contributed by atoms with E-state index in [-0.39, 0.29) is 0 Å². The van der Waals surface area contributed by atoms with Crippen LogP contribution in [0.4, 0.5) is 11.4 Å². The first kappa shape index (κ1) is 21.7. The summed E-state index contributed by atoms with van der Waals surface area (Å²) in [5, 5.41) is 14.0. The molecule has 3 aromatic rings. The summed E-state index contributed by atoms with van der Waals surface area (Å²) in [5.74, 6) is 0. The van der Waals surface area contributed by atoms with Crippen molar-refractivity contribution in [3.8, 4) is 6.07 Å². The Kier molecular flexibility index (Phi) is 6.17. The van der Waals surface area contributed by atoms with Gasteiger partial charge in [-0.05, 0) is 55.8 Å². The summed E-state index contributed by atoms with van der Waals surface area (Å²) in [4.78, 5) is 12.0. The van der Waals surface area contributed by atoms with Crippen molar-refractivity contribution < 1.29 is 0 Å². The van der Waals surface area contributed by atoms with E-state index in [1.54, 1.807) is 6.20 Å². The Morgan fingerprint density at radius 1 is 0.970 bits per heavy atom. The van der Waals surface area contributed by atoms with Gasteiger partial charge in [-0.2, -0.15) is 5.26 Å². The topological polar surface area (TPSA) is 58.4 Å². The average molecular weight is 441 g/mol. The molecule has 2 atom stereocenters. The Morgan fingerprint density at radius 2 is 1.70 bits per heavy atom. The highest BCUT2D eigenvalue weighted by Crippen LogP contribution is 2.31. The van der Waals surface area contributed by atoms with E-state index in [9.17, 15) is 5.26 Å². The molecule has 2 aliphatic rings. The maximum Gasteiger partial charge on any atom is 0.101 e. The van der Waals surface area contributed by atoms with Gasteiger partial charge in [-0.1, -0.05) is 12.1 Å². The Balaban J connectivity index is 1.30. The minimum absolute atomic E-state index is 0.420. The smallest absolute Gasteiger partial charge is 0.101 e. The molecule has 3 heterocycles. The average Bonchev–Trinajstić information content (AvgIpc) is 2.86.